The molecule has 0 saturated carbocycles. The van der Waals surface area contributed by atoms with Crippen molar-refractivity contribution in [3.63, 3.8) is 0 Å². The van der Waals surface area contributed by atoms with Crippen LogP contribution < -0.4 is 5.32 Å². The van der Waals surface area contributed by atoms with Crippen LogP contribution in [0, 0.1) is 0 Å². The van der Waals surface area contributed by atoms with Crippen molar-refractivity contribution in [2.75, 3.05) is 6.61 Å². The molecule has 3 unspecified atom stereocenters. The van der Waals surface area contributed by atoms with Crippen molar-refractivity contribution in [1.82, 2.24) is 5.32 Å². The third-order valence-corrected chi connectivity index (χ3v) is 10.4. The number of hydrogen-bond acceptors (Lipinski definition) is 5. The lowest BCUT2D eigenvalue weighted by molar-refractivity contribution is -0.150. The molecule has 3 atom stereocenters. The molecular formula is C56H91NO5. The Hall–Kier alpha value is -3.74. The summed E-state index contributed by atoms with van der Waals surface area (Å²) in [6.45, 7) is 6.22. The van der Waals surface area contributed by atoms with Crippen LogP contribution >= 0.6 is 0 Å². The molecule has 0 bridgehead atoms. The predicted octanol–water partition coefficient (Wildman–Crippen LogP) is 14.9. The van der Waals surface area contributed by atoms with E-state index in [1.165, 1.54) is 51.4 Å². The maximum atomic E-state index is 13.2. The van der Waals surface area contributed by atoms with Crippen molar-refractivity contribution in [3.05, 3.63) is 122 Å². The van der Waals surface area contributed by atoms with Crippen molar-refractivity contribution < 1.29 is 24.5 Å². The van der Waals surface area contributed by atoms with E-state index < -0.39 is 18.2 Å². The smallest absolute Gasteiger partial charge is 0.306 e. The van der Waals surface area contributed by atoms with E-state index in [9.17, 15) is 19.8 Å². The minimum atomic E-state index is -0.819. The van der Waals surface area contributed by atoms with Gasteiger partial charge in [0.25, 0.3) is 0 Å². The number of amides is 1. The number of hydrogen-bond donors (Lipinski definition) is 3. The van der Waals surface area contributed by atoms with Gasteiger partial charge in [-0.3, -0.25) is 9.59 Å². The van der Waals surface area contributed by atoms with Crippen molar-refractivity contribution >= 4 is 11.9 Å². The predicted molar refractivity (Wildman–Crippen MR) is 268 cm³/mol. The van der Waals surface area contributed by atoms with Gasteiger partial charge >= 0.3 is 5.97 Å². The molecular weight excluding hydrogens is 767 g/mol. The van der Waals surface area contributed by atoms with Crippen LogP contribution in [0.1, 0.15) is 194 Å². The van der Waals surface area contributed by atoms with Crippen LogP contribution in [0.15, 0.2) is 122 Å². The summed E-state index contributed by atoms with van der Waals surface area (Å²) in [7, 11) is 0. The van der Waals surface area contributed by atoms with E-state index in [4.69, 9.17) is 4.74 Å². The molecule has 0 aromatic rings. The lowest BCUT2D eigenvalue weighted by atomic mass is 10.0. The summed E-state index contributed by atoms with van der Waals surface area (Å²) in [4.78, 5) is 26.1. The van der Waals surface area contributed by atoms with Crippen molar-refractivity contribution in [3.8, 4) is 0 Å². The summed E-state index contributed by atoms with van der Waals surface area (Å²) in [6, 6.07) is -0.738. The van der Waals surface area contributed by atoms with Gasteiger partial charge in [-0.25, -0.2) is 0 Å². The molecule has 1 amide bonds. The van der Waals surface area contributed by atoms with E-state index in [2.05, 4.69) is 105 Å². The Morgan fingerprint density at radius 2 is 0.968 bits per heavy atom. The van der Waals surface area contributed by atoms with Gasteiger partial charge in [0, 0.05) is 6.42 Å². The fourth-order valence-electron chi connectivity index (χ4n) is 6.68. The fraction of sp³-hybridized carbons (Fsp3) is 0.607. The summed E-state index contributed by atoms with van der Waals surface area (Å²) in [5.74, 6) is -0.629. The van der Waals surface area contributed by atoms with Gasteiger partial charge in [-0.15, -0.1) is 0 Å². The van der Waals surface area contributed by atoms with E-state index in [-0.39, 0.29) is 31.3 Å². The SMILES string of the molecule is CC/C=C/C/C=C/C/C=C/C/C=C/C/C=C/CCC(=O)OC(CCCCC/C=C/C=C/C=C/C=C/C=C/CCC)CC(=O)NC(CO)C(O)CCCCCCCCCCCCC. The molecule has 0 aliphatic heterocycles. The molecule has 0 radical (unpaired) electrons. The highest BCUT2D eigenvalue weighted by atomic mass is 16.5. The topological polar surface area (TPSA) is 95.9 Å². The van der Waals surface area contributed by atoms with Crippen LogP contribution in [0.3, 0.4) is 0 Å². The summed E-state index contributed by atoms with van der Waals surface area (Å²) in [5.41, 5.74) is 0. The van der Waals surface area contributed by atoms with Gasteiger partial charge in [0.05, 0.1) is 25.2 Å². The number of aliphatic hydroxyl groups is 2. The zero-order valence-electron chi connectivity index (χ0n) is 39.7. The second-order valence-electron chi connectivity index (χ2n) is 16.2. The summed E-state index contributed by atoms with van der Waals surface area (Å²) in [6.07, 6.45) is 66.9. The quantitative estimate of drug-likeness (QED) is 0.0246. The first-order valence-electron chi connectivity index (χ1n) is 24.8. The number of esters is 1. The maximum absolute atomic E-state index is 13.2. The number of aliphatic hydroxyl groups excluding tert-OH is 2. The molecule has 0 aliphatic carbocycles. The van der Waals surface area contributed by atoms with Crippen LogP contribution in [0.25, 0.3) is 0 Å². The zero-order chi connectivity index (χ0) is 45.2. The molecule has 0 aromatic carbocycles. The molecule has 350 valence electrons. The van der Waals surface area contributed by atoms with Gasteiger partial charge in [0.1, 0.15) is 6.10 Å². The highest BCUT2D eigenvalue weighted by Gasteiger charge is 2.24. The molecule has 6 nitrogen and oxygen atoms in total. The molecule has 62 heavy (non-hydrogen) atoms. The van der Waals surface area contributed by atoms with E-state index in [0.29, 0.717) is 19.3 Å². The van der Waals surface area contributed by atoms with Gasteiger partial charge in [-0.1, -0.05) is 226 Å². The van der Waals surface area contributed by atoms with Gasteiger partial charge < -0.3 is 20.3 Å². The highest BCUT2D eigenvalue weighted by Crippen LogP contribution is 2.16. The first kappa shape index (κ1) is 58.3. The van der Waals surface area contributed by atoms with E-state index in [1.807, 2.05) is 42.5 Å². The van der Waals surface area contributed by atoms with Gasteiger partial charge in [0.2, 0.25) is 5.91 Å². The fourth-order valence-corrected chi connectivity index (χ4v) is 6.68. The number of carbonyl (C=O) groups is 2. The monoisotopic (exact) mass is 858 g/mol. The van der Waals surface area contributed by atoms with Crippen LogP contribution in [0.4, 0.5) is 0 Å². The van der Waals surface area contributed by atoms with Crippen molar-refractivity contribution in [2.24, 2.45) is 0 Å². The van der Waals surface area contributed by atoms with E-state index in [0.717, 1.165) is 89.9 Å². The number of rotatable bonds is 42. The number of carbonyl (C=O) groups excluding carboxylic acids is 2. The van der Waals surface area contributed by atoms with Gasteiger partial charge in [0.15, 0.2) is 0 Å². The standard InChI is InChI=1S/C56H91NO5/c1-4-7-10-13-16-19-22-24-26-28-30-33-35-38-41-44-47-52(62-56(61)49-46-43-40-37-34-31-29-27-25-23-20-17-14-11-8-5-2)50-55(60)57-53(51-58)54(59)48-45-42-39-36-32-21-18-15-12-9-6-3/h8,10-11,13,16-17,19-20,22,24-28,30-31,33-34,40,43,52-54,58-59H,4-7,9,12,14-15,18,21,23,29,32,35-39,41-42,44-51H2,1-3H3,(H,57,60)/b11-8+,13-10+,19-16+,20-17+,24-22+,27-25+,28-26+,33-30+,34-31+,43-40+. The average molecular weight is 858 g/mol. The van der Waals surface area contributed by atoms with Gasteiger partial charge in [-0.05, 0) is 77.0 Å². The Labute approximate surface area is 380 Å². The molecule has 0 rings (SSSR count). The number of nitrogens with one attached hydrogen (secondary N) is 1. The third kappa shape index (κ3) is 42.9. The van der Waals surface area contributed by atoms with E-state index in [1.54, 1.807) is 0 Å². The number of ether oxygens (including phenoxy) is 1. The Morgan fingerprint density at radius 3 is 1.50 bits per heavy atom. The summed E-state index contributed by atoms with van der Waals surface area (Å²) >= 11 is 0. The number of allylic oxidation sites excluding steroid dienone is 20. The van der Waals surface area contributed by atoms with Crippen LogP contribution in [0.5, 0.6) is 0 Å². The minimum Gasteiger partial charge on any atom is -0.462 e. The van der Waals surface area contributed by atoms with E-state index >= 15 is 0 Å². The van der Waals surface area contributed by atoms with Crippen molar-refractivity contribution in [2.45, 2.75) is 212 Å². The molecule has 0 spiro atoms. The first-order chi connectivity index (χ1) is 30.5. The summed E-state index contributed by atoms with van der Waals surface area (Å²) < 4.78 is 5.86. The molecule has 0 heterocycles. The van der Waals surface area contributed by atoms with Gasteiger partial charge in [-0.2, -0.15) is 0 Å². The minimum absolute atomic E-state index is 0.0114. The van der Waals surface area contributed by atoms with Crippen LogP contribution in [-0.4, -0.2) is 46.9 Å². The Morgan fingerprint density at radius 1 is 0.500 bits per heavy atom. The first-order valence-corrected chi connectivity index (χ1v) is 24.8. The largest absolute Gasteiger partial charge is 0.462 e. The molecule has 6 heteroatoms. The van der Waals surface area contributed by atoms with Crippen molar-refractivity contribution in [1.29, 1.82) is 0 Å². The Kier molecular flexibility index (Phi) is 45.4. The highest BCUT2D eigenvalue weighted by molar-refractivity contribution is 5.77. The second-order valence-corrected chi connectivity index (χ2v) is 16.2. The average Bonchev–Trinajstić information content (AvgIpc) is 3.26. The second kappa shape index (κ2) is 48.3. The van der Waals surface area contributed by atoms with Crippen LogP contribution in [0.2, 0.25) is 0 Å². The molecule has 0 aromatic heterocycles. The van der Waals surface area contributed by atoms with Crippen LogP contribution in [-0.2, 0) is 14.3 Å². The zero-order valence-corrected chi connectivity index (χ0v) is 39.7. The summed E-state index contributed by atoms with van der Waals surface area (Å²) in [5, 5.41) is 23.7. The molecule has 3 N–H and O–H groups in total. The Balaban J connectivity index is 4.85. The Bertz CT molecular complexity index is 1330. The number of unbranched alkanes of at least 4 members (excludes halogenated alkanes) is 14. The molecule has 0 saturated heterocycles. The normalized spacial score (nSPS) is 14.3. The molecule has 0 aliphatic rings. The lowest BCUT2D eigenvalue weighted by Gasteiger charge is -2.24. The lowest BCUT2D eigenvalue weighted by Crippen LogP contribution is -2.46. The molecule has 0 fully saturated rings. The third-order valence-electron chi connectivity index (χ3n) is 10.4. The maximum Gasteiger partial charge on any atom is 0.306 e.